The largest absolute Gasteiger partial charge is 1.00 e. The van der Waals surface area contributed by atoms with Gasteiger partial charge >= 0.3 is 29.6 Å². The van der Waals surface area contributed by atoms with E-state index in [1.165, 1.54) is 81.7 Å². The second kappa shape index (κ2) is 14.9. The predicted octanol–water partition coefficient (Wildman–Crippen LogP) is 3.27. The molecule has 2 aromatic carbocycles. The van der Waals surface area contributed by atoms with Crippen molar-refractivity contribution >= 4 is 10.1 Å². The third kappa shape index (κ3) is 11.4. The van der Waals surface area contributed by atoms with E-state index < -0.39 is 10.1 Å². The van der Waals surface area contributed by atoms with Crippen molar-refractivity contribution in [3.8, 4) is 17.2 Å². The number of rotatable bonds is 14. The number of hydrogen-bond acceptors (Lipinski definition) is 4. The van der Waals surface area contributed by atoms with Crippen LogP contribution in [0.25, 0.3) is 0 Å². The maximum atomic E-state index is 12.0. The maximum Gasteiger partial charge on any atom is 1.00 e. The molecule has 0 aromatic heterocycles. The smallest absolute Gasteiger partial charge is 0.872 e. The first-order chi connectivity index (χ1) is 14.4. The van der Waals surface area contributed by atoms with Crippen molar-refractivity contribution in [3.05, 3.63) is 48.0 Å². The second-order valence-electron chi connectivity index (χ2n) is 7.79. The molecular formula is C24H33NaO5S. The number of hydrogen-bond donors (Lipinski definition) is 1. The van der Waals surface area contributed by atoms with Crippen LogP contribution in [0.4, 0.5) is 0 Å². The minimum atomic E-state index is -4.24. The summed E-state index contributed by atoms with van der Waals surface area (Å²) in [5.74, 6) is 0.728. The van der Waals surface area contributed by atoms with Crippen LogP contribution in [0.2, 0.25) is 0 Å². The van der Waals surface area contributed by atoms with Gasteiger partial charge in [0, 0.05) is 0 Å². The van der Waals surface area contributed by atoms with Crippen LogP contribution < -0.4 is 39.4 Å². The number of benzene rings is 2. The summed E-state index contributed by atoms with van der Waals surface area (Å²) in [4.78, 5) is -0.200. The van der Waals surface area contributed by atoms with E-state index in [1.54, 1.807) is 6.07 Å². The molecule has 0 saturated heterocycles. The van der Waals surface area contributed by atoms with Crippen molar-refractivity contribution in [2.75, 3.05) is 0 Å². The van der Waals surface area contributed by atoms with Gasteiger partial charge < -0.3 is 9.84 Å². The molecule has 166 valence electrons. The summed E-state index contributed by atoms with van der Waals surface area (Å²) >= 11 is 0. The van der Waals surface area contributed by atoms with Crippen molar-refractivity contribution in [1.29, 1.82) is 0 Å². The summed E-state index contributed by atoms with van der Waals surface area (Å²) in [5.41, 5.74) is 0.951. The Balaban J connectivity index is 0.00000480. The molecule has 2 rings (SSSR count). The zero-order chi connectivity index (χ0) is 21.8. The summed E-state index contributed by atoms with van der Waals surface area (Å²) in [6.45, 7) is 2.24. The summed E-state index contributed by atoms with van der Waals surface area (Å²) in [7, 11) is -4.24. The molecule has 2 aromatic rings. The fourth-order valence-electron chi connectivity index (χ4n) is 3.47. The molecule has 0 aliphatic heterocycles. The van der Waals surface area contributed by atoms with Gasteiger partial charge in [-0.25, -0.2) is 0 Å². The van der Waals surface area contributed by atoms with E-state index in [0.717, 1.165) is 24.8 Å². The second-order valence-corrected chi connectivity index (χ2v) is 9.21. The van der Waals surface area contributed by atoms with E-state index in [-0.39, 0.29) is 40.2 Å². The zero-order valence-corrected chi connectivity index (χ0v) is 21.6. The van der Waals surface area contributed by atoms with Gasteiger partial charge in [-0.1, -0.05) is 70.8 Å². The Morgan fingerprint density at radius 2 is 1.35 bits per heavy atom. The molecular weight excluding hydrogens is 423 g/mol. The van der Waals surface area contributed by atoms with E-state index in [0.29, 0.717) is 11.5 Å². The summed E-state index contributed by atoms with van der Waals surface area (Å²) in [6, 6.07) is 10.3. The van der Waals surface area contributed by atoms with Crippen LogP contribution in [0.1, 0.15) is 76.7 Å². The van der Waals surface area contributed by atoms with E-state index in [1.807, 2.05) is 6.07 Å². The van der Waals surface area contributed by atoms with Crippen LogP contribution in [-0.2, 0) is 16.5 Å². The molecule has 0 heterocycles. The Hall–Kier alpha value is -1.05. The van der Waals surface area contributed by atoms with Gasteiger partial charge in [-0.15, -0.1) is 5.75 Å². The van der Waals surface area contributed by atoms with Crippen LogP contribution in [0, 0.1) is 0 Å². The molecule has 0 bridgehead atoms. The molecule has 0 aliphatic rings. The summed E-state index contributed by atoms with van der Waals surface area (Å²) in [6.07, 6.45) is 13.5. The Morgan fingerprint density at radius 3 is 1.90 bits per heavy atom. The maximum absolute atomic E-state index is 12.0. The Bertz CT molecular complexity index is 866. The quantitative estimate of drug-likeness (QED) is 0.268. The molecule has 31 heavy (non-hydrogen) atoms. The minimum Gasteiger partial charge on any atom is -0.872 e. The molecule has 0 unspecified atom stereocenters. The minimum absolute atomic E-state index is 0. The van der Waals surface area contributed by atoms with Gasteiger partial charge in [0.25, 0.3) is 10.1 Å². The van der Waals surface area contributed by atoms with Crippen LogP contribution >= 0.6 is 0 Å². The van der Waals surface area contributed by atoms with E-state index in [2.05, 4.69) is 6.92 Å². The average molecular weight is 457 g/mol. The van der Waals surface area contributed by atoms with Gasteiger partial charge in [0.15, 0.2) is 0 Å². The molecule has 0 aliphatic carbocycles. The molecule has 0 fully saturated rings. The van der Waals surface area contributed by atoms with Gasteiger partial charge in [-0.2, -0.15) is 8.42 Å². The standard InChI is InChI=1S/C24H34O5S.Na/c1-2-3-4-5-6-7-8-9-10-11-12-20-17-21(25)19-23(18-20)29-22-13-15-24(16-14-22)30(26,27)28;/h13-19,25H,2-12H2,1H3,(H,26,27,28);/q;+1/p-1. The van der Waals surface area contributed by atoms with E-state index in [9.17, 15) is 13.5 Å². The topological polar surface area (TPSA) is 86.7 Å². The Labute approximate surface area is 209 Å². The first kappa shape index (κ1) is 28.0. The fourth-order valence-corrected chi connectivity index (χ4v) is 3.95. The van der Waals surface area contributed by atoms with Crippen molar-refractivity contribution in [3.63, 3.8) is 0 Å². The number of unbranched alkanes of at least 4 members (excludes halogenated alkanes) is 9. The Kier molecular flexibility index (Phi) is 13.5. The fraction of sp³-hybridized carbons (Fsp3) is 0.500. The molecule has 5 nitrogen and oxygen atoms in total. The molecule has 1 N–H and O–H groups in total. The normalized spacial score (nSPS) is 11.2. The summed E-state index contributed by atoms with van der Waals surface area (Å²) < 4.78 is 36.9. The van der Waals surface area contributed by atoms with Gasteiger partial charge in [0.05, 0.1) is 4.90 Å². The van der Waals surface area contributed by atoms with Crippen molar-refractivity contribution in [2.24, 2.45) is 0 Å². The van der Waals surface area contributed by atoms with Gasteiger partial charge in [0.2, 0.25) is 0 Å². The molecule has 0 saturated carbocycles. The third-order valence-corrected chi connectivity index (χ3v) is 5.98. The number of aryl methyl sites for hydroxylation is 1. The van der Waals surface area contributed by atoms with Crippen molar-refractivity contribution in [1.82, 2.24) is 0 Å². The molecule has 0 spiro atoms. The molecule has 0 amide bonds. The SMILES string of the molecule is CCCCCCCCCCCCc1cc([O-])cc(Oc2ccc(S(=O)(=O)O)cc2)c1.[Na+]. The van der Waals surface area contributed by atoms with Crippen LogP contribution in [-0.4, -0.2) is 13.0 Å². The first-order valence-corrected chi connectivity index (χ1v) is 12.4. The van der Waals surface area contributed by atoms with E-state index in [4.69, 9.17) is 9.29 Å². The van der Waals surface area contributed by atoms with Crippen LogP contribution in [0.3, 0.4) is 0 Å². The first-order valence-electron chi connectivity index (χ1n) is 10.9. The van der Waals surface area contributed by atoms with Gasteiger partial charge in [0.1, 0.15) is 11.5 Å². The van der Waals surface area contributed by atoms with E-state index >= 15 is 0 Å². The zero-order valence-electron chi connectivity index (χ0n) is 18.8. The monoisotopic (exact) mass is 456 g/mol. The molecule has 0 radical (unpaired) electrons. The molecule has 0 atom stereocenters. The van der Waals surface area contributed by atoms with Crippen molar-refractivity contribution < 1.29 is 52.4 Å². The third-order valence-electron chi connectivity index (χ3n) is 5.12. The van der Waals surface area contributed by atoms with Crippen LogP contribution in [0.5, 0.6) is 17.2 Å². The average Bonchev–Trinajstić information content (AvgIpc) is 2.69. The Morgan fingerprint density at radius 1 is 0.806 bits per heavy atom. The van der Waals surface area contributed by atoms with Gasteiger partial charge in [-0.3, -0.25) is 4.55 Å². The van der Waals surface area contributed by atoms with Crippen LogP contribution in [0.15, 0.2) is 47.4 Å². The summed E-state index contributed by atoms with van der Waals surface area (Å²) in [5, 5.41) is 12.0. The predicted molar refractivity (Wildman–Crippen MR) is 118 cm³/mol. The van der Waals surface area contributed by atoms with Crippen molar-refractivity contribution in [2.45, 2.75) is 82.4 Å². The number of ether oxygens (including phenoxy) is 1. The molecule has 7 heteroatoms. The van der Waals surface area contributed by atoms with Gasteiger partial charge in [-0.05, 0) is 54.8 Å².